The third kappa shape index (κ3) is 8.98. The molecule has 2 aliphatic heterocycles. The van der Waals surface area contributed by atoms with Gasteiger partial charge in [0, 0.05) is 30.1 Å². The summed E-state index contributed by atoms with van der Waals surface area (Å²) in [6.07, 6.45) is 2.16. The number of nitrogens with one attached hydrogen (secondary N) is 1. The van der Waals surface area contributed by atoms with Crippen LogP contribution in [0.3, 0.4) is 0 Å². The largest absolute Gasteiger partial charge is 0.445 e. The van der Waals surface area contributed by atoms with E-state index in [1.165, 1.54) is 16.7 Å². The molecule has 0 saturated carbocycles. The summed E-state index contributed by atoms with van der Waals surface area (Å²) < 4.78 is 18.3. The summed E-state index contributed by atoms with van der Waals surface area (Å²) in [5, 5.41) is 12.8. The molecule has 0 aliphatic carbocycles. The number of carbonyl (C=O) groups is 3. The number of alkyl carbamates (subject to hydrolysis) is 1. The summed E-state index contributed by atoms with van der Waals surface area (Å²) in [4.78, 5) is 48.6. The minimum absolute atomic E-state index is 0.0300. The molecule has 2 saturated heterocycles. The van der Waals surface area contributed by atoms with E-state index in [1.54, 1.807) is 18.5 Å². The quantitative estimate of drug-likeness (QED) is 0.0828. The van der Waals surface area contributed by atoms with Crippen molar-refractivity contribution in [1.82, 2.24) is 20.2 Å². The maximum absolute atomic E-state index is 13.3. The average Bonchev–Trinajstić information content (AvgIpc) is 3.47. The smallest absolute Gasteiger partial charge is 0.408 e. The average molecular weight is 731 g/mol. The third-order valence-electron chi connectivity index (χ3n) is 9.14. The molecule has 4 aromatic carbocycles. The molecule has 2 aliphatic rings. The molecule has 4 atom stereocenters. The van der Waals surface area contributed by atoms with Crippen LogP contribution in [0.15, 0.2) is 127 Å². The Morgan fingerprint density at radius 2 is 1.57 bits per heavy atom. The lowest BCUT2D eigenvalue weighted by molar-refractivity contribution is -0.245. The predicted molar refractivity (Wildman–Crippen MR) is 197 cm³/mol. The molecule has 2 N–H and O–H groups in total. The molecule has 53 heavy (non-hydrogen) atoms. The number of aliphatic hydroxyl groups is 1. The molecule has 1 aromatic heterocycles. The van der Waals surface area contributed by atoms with Gasteiger partial charge in [-0.05, 0) is 39.4 Å². The normalized spacial score (nSPS) is 20.0. The van der Waals surface area contributed by atoms with Crippen molar-refractivity contribution in [3.8, 4) is 11.1 Å². The number of hydrogen-bond donors (Lipinski definition) is 2. The lowest BCUT2D eigenvalue weighted by Gasteiger charge is -2.36. The van der Waals surface area contributed by atoms with Crippen LogP contribution in [0.2, 0.25) is 0 Å². The number of nitrogens with zero attached hydrogens (tertiary/aromatic N) is 3. The maximum Gasteiger partial charge on any atom is 0.408 e. The van der Waals surface area contributed by atoms with Crippen molar-refractivity contribution in [2.45, 2.75) is 62.3 Å². The Hall–Kier alpha value is -5.40. The van der Waals surface area contributed by atoms with E-state index in [4.69, 9.17) is 14.2 Å². The summed E-state index contributed by atoms with van der Waals surface area (Å²) in [6.45, 7) is 0.0835. The maximum atomic E-state index is 13.3. The Labute approximate surface area is 311 Å². The van der Waals surface area contributed by atoms with Gasteiger partial charge in [0.15, 0.2) is 11.4 Å². The molecular weight excluding hydrogens is 693 g/mol. The molecule has 2 fully saturated rings. The van der Waals surface area contributed by atoms with Gasteiger partial charge in [-0.2, -0.15) is 0 Å². The molecule has 0 bridgehead atoms. The molecule has 270 valence electrons. The molecule has 3 amide bonds. The number of aliphatic hydroxyl groups excluding tert-OH is 1. The van der Waals surface area contributed by atoms with Crippen molar-refractivity contribution in [2.24, 2.45) is 0 Å². The molecule has 11 nitrogen and oxygen atoms in total. The fourth-order valence-corrected chi connectivity index (χ4v) is 7.17. The van der Waals surface area contributed by atoms with Gasteiger partial charge in [-0.1, -0.05) is 115 Å². The summed E-state index contributed by atoms with van der Waals surface area (Å²) in [6, 6.07) is 33.3. The Kier molecular flexibility index (Phi) is 11.5. The van der Waals surface area contributed by atoms with Gasteiger partial charge in [0.25, 0.3) is 5.91 Å². The van der Waals surface area contributed by atoms with Crippen molar-refractivity contribution in [1.29, 1.82) is 0 Å². The van der Waals surface area contributed by atoms with Gasteiger partial charge in [0.1, 0.15) is 12.6 Å². The second-order valence-electron chi connectivity index (χ2n) is 12.8. The van der Waals surface area contributed by atoms with Crippen molar-refractivity contribution >= 4 is 29.7 Å². The second kappa shape index (κ2) is 17.0. The Morgan fingerprint density at radius 1 is 0.849 bits per heavy atom. The zero-order valence-electron chi connectivity index (χ0n) is 28.7. The number of imide groups is 1. The first-order valence-corrected chi connectivity index (χ1v) is 18.3. The Morgan fingerprint density at radius 3 is 2.32 bits per heavy atom. The first-order chi connectivity index (χ1) is 25.9. The summed E-state index contributed by atoms with van der Waals surface area (Å²) in [7, 11) is 0. The molecule has 0 radical (unpaired) electrons. The van der Waals surface area contributed by atoms with E-state index in [1.807, 2.05) is 103 Å². The number of carbonyl (C=O) groups excluding carboxylic acids is 3. The number of likely N-dealkylation sites (tertiary alicyclic amines) is 1. The van der Waals surface area contributed by atoms with Gasteiger partial charge < -0.3 is 24.6 Å². The number of ether oxygens (including phenoxy) is 3. The van der Waals surface area contributed by atoms with E-state index >= 15 is 0 Å². The van der Waals surface area contributed by atoms with Crippen LogP contribution in [0, 0.1) is 0 Å². The monoisotopic (exact) mass is 730 g/mol. The van der Waals surface area contributed by atoms with Gasteiger partial charge in [-0.3, -0.25) is 14.5 Å². The fraction of sp³-hybridized carbons (Fsp3) is 0.244. The highest BCUT2D eigenvalue weighted by atomic mass is 32.2. The molecule has 1 unspecified atom stereocenters. The van der Waals surface area contributed by atoms with Crippen molar-refractivity contribution < 1.29 is 33.7 Å². The number of thioether (sulfide) groups is 1. The highest BCUT2D eigenvalue weighted by molar-refractivity contribution is 7.99. The molecule has 5 aromatic rings. The van der Waals surface area contributed by atoms with E-state index in [2.05, 4.69) is 15.3 Å². The zero-order valence-corrected chi connectivity index (χ0v) is 29.6. The summed E-state index contributed by atoms with van der Waals surface area (Å²) in [5.41, 5.74) is 6.02. The van der Waals surface area contributed by atoms with Gasteiger partial charge in [0.05, 0.1) is 31.8 Å². The second-order valence-corrected chi connectivity index (χ2v) is 13.7. The van der Waals surface area contributed by atoms with Gasteiger partial charge in [-0.15, -0.1) is 0 Å². The predicted octanol–water partition coefficient (Wildman–Crippen LogP) is 6.53. The van der Waals surface area contributed by atoms with Gasteiger partial charge in [-0.25, -0.2) is 14.8 Å². The highest BCUT2D eigenvalue weighted by Crippen LogP contribution is 2.40. The van der Waals surface area contributed by atoms with Crippen molar-refractivity contribution in [3.05, 3.63) is 149 Å². The summed E-state index contributed by atoms with van der Waals surface area (Å²) >= 11 is 1.53. The van der Waals surface area contributed by atoms with E-state index in [0.717, 1.165) is 38.9 Å². The van der Waals surface area contributed by atoms with Crippen LogP contribution in [0.1, 0.15) is 53.1 Å². The topological polar surface area (TPSA) is 140 Å². The van der Waals surface area contributed by atoms with Crippen LogP contribution in [0.25, 0.3) is 11.1 Å². The van der Waals surface area contributed by atoms with Crippen LogP contribution >= 0.6 is 11.8 Å². The first kappa shape index (κ1) is 36.0. The molecule has 0 spiro atoms. The molecular formula is C41H38N4O7S. The zero-order chi connectivity index (χ0) is 36.6. The van der Waals surface area contributed by atoms with Gasteiger partial charge in [0.2, 0.25) is 5.91 Å². The minimum Gasteiger partial charge on any atom is -0.445 e. The first-order valence-electron chi connectivity index (χ1n) is 17.3. The van der Waals surface area contributed by atoms with Crippen LogP contribution in [-0.4, -0.2) is 55.8 Å². The standard InChI is InChI=1S/C41H38N4O7S/c46-24-27-11-13-30(14-12-27)36-21-33(26-53-40-42-19-6-20-43-40)51-39(52-36)31-17-15-29(16-18-31)34-10-5-4-9-32(34)23-45-37(47)22-35(38(45)48)44-41(49)50-25-28-7-2-1-3-8-28/h1-20,33,35-36,39,46H,21-26H2,(H,44,49)/t33-,35?,36+,39+/m0/s1. The minimum atomic E-state index is -0.994. The van der Waals surface area contributed by atoms with Crippen LogP contribution in [0.5, 0.6) is 0 Å². The Balaban J connectivity index is 1.03. The van der Waals surface area contributed by atoms with Crippen LogP contribution < -0.4 is 5.32 Å². The lowest BCUT2D eigenvalue weighted by atomic mass is 9.97. The number of hydrogen-bond acceptors (Lipinski definition) is 10. The van der Waals surface area contributed by atoms with Crippen molar-refractivity contribution in [2.75, 3.05) is 5.75 Å². The van der Waals surface area contributed by atoms with E-state index < -0.39 is 24.3 Å². The number of benzene rings is 4. The molecule has 3 heterocycles. The van der Waals surface area contributed by atoms with E-state index in [0.29, 0.717) is 17.3 Å². The highest BCUT2D eigenvalue weighted by Gasteiger charge is 2.40. The number of aromatic nitrogens is 2. The van der Waals surface area contributed by atoms with Crippen LogP contribution in [-0.2, 0) is 43.6 Å². The summed E-state index contributed by atoms with van der Waals surface area (Å²) in [5.74, 6) is -0.206. The Bertz CT molecular complexity index is 2020. The van der Waals surface area contributed by atoms with Gasteiger partial charge >= 0.3 is 6.09 Å². The molecule has 7 rings (SSSR count). The number of rotatable bonds is 12. The molecule has 12 heteroatoms. The van der Waals surface area contributed by atoms with E-state index in [-0.39, 0.29) is 44.3 Å². The lowest BCUT2D eigenvalue weighted by Crippen LogP contribution is -2.41. The number of amides is 3. The van der Waals surface area contributed by atoms with E-state index in [9.17, 15) is 19.5 Å². The van der Waals surface area contributed by atoms with Crippen molar-refractivity contribution in [3.63, 3.8) is 0 Å². The third-order valence-corrected chi connectivity index (χ3v) is 10.2. The fourth-order valence-electron chi connectivity index (χ4n) is 6.35. The SMILES string of the molecule is O=C(NC1CC(=O)N(Cc2ccccc2-c2ccc([C@@H]3O[C@H](CSc4ncccn4)C[C@H](c4ccc(CO)cc4)O3)cc2)C1=O)OCc1ccccc1. The van der Waals surface area contributed by atoms with Crippen LogP contribution in [0.4, 0.5) is 4.79 Å².